The standard InChI is InChI=1S/C16H17F2NO2S2/c1-10(2)22-12-5-7-16(19-23(3,20)21)14(9-12)13-6-4-11(17)8-15(13)18/h4-10,19H,1-3H3. The van der Waals surface area contributed by atoms with E-state index < -0.39 is 21.7 Å². The van der Waals surface area contributed by atoms with Gasteiger partial charge < -0.3 is 0 Å². The third-order valence-corrected chi connectivity index (χ3v) is 4.47. The highest BCUT2D eigenvalue weighted by atomic mass is 32.2. The zero-order valence-corrected chi connectivity index (χ0v) is 14.6. The van der Waals surface area contributed by atoms with Gasteiger partial charge in [-0.3, -0.25) is 4.72 Å². The van der Waals surface area contributed by atoms with E-state index in [-0.39, 0.29) is 11.3 Å². The van der Waals surface area contributed by atoms with Gasteiger partial charge in [0.1, 0.15) is 11.6 Å². The lowest BCUT2D eigenvalue weighted by atomic mass is 10.0. The van der Waals surface area contributed by atoms with Crippen molar-refractivity contribution < 1.29 is 17.2 Å². The summed E-state index contributed by atoms with van der Waals surface area (Å²) in [6.45, 7) is 4.04. The minimum atomic E-state index is -3.52. The fourth-order valence-electron chi connectivity index (χ4n) is 2.09. The highest BCUT2D eigenvalue weighted by Gasteiger charge is 2.15. The van der Waals surface area contributed by atoms with E-state index in [2.05, 4.69) is 4.72 Å². The van der Waals surface area contributed by atoms with Crippen molar-refractivity contribution in [1.82, 2.24) is 0 Å². The predicted octanol–water partition coefficient (Wildman–Crippen LogP) is 4.50. The van der Waals surface area contributed by atoms with Crippen molar-refractivity contribution in [3.8, 4) is 11.1 Å². The molecule has 0 saturated heterocycles. The summed E-state index contributed by atoms with van der Waals surface area (Å²) >= 11 is 1.57. The van der Waals surface area contributed by atoms with E-state index in [0.29, 0.717) is 10.8 Å². The fourth-order valence-corrected chi connectivity index (χ4v) is 3.54. The van der Waals surface area contributed by atoms with Crippen LogP contribution in [0.15, 0.2) is 41.3 Å². The maximum Gasteiger partial charge on any atom is 0.229 e. The molecule has 2 aromatic carbocycles. The lowest BCUT2D eigenvalue weighted by Gasteiger charge is -2.14. The van der Waals surface area contributed by atoms with E-state index in [1.54, 1.807) is 30.0 Å². The topological polar surface area (TPSA) is 46.2 Å². The van der Waals surface area contributed by atoms with E-state index in [9.17, 15) is 17.2 Å². The zero-order chi connectivity index (χ0) is 17.2. The Morgan fingerprint density at radius 1 is 1.04 bits per heavy atom. The molecular formula is C16H17F2NO2S2. The summed E-state index contributed by atoms with van der Waals surface area (Å²) in [5.74, 6) is -1.43. The van der Waals surface area contributed by atoms with Gasteiger partial charge in [-0.05, 0) is 30.3 Å². The number of halogens is 2. The minimum absolute atomic E-state index is 0.142. The molecule has 0 fully saturated rings. The molecule has 1 N–H and O–H groups in total. The fraction of sp³-hybridized carbons (Fsp3) is 0.250. The maximum atomic E-state index is 14.1. The first-order chi connectivity index (χ1) is 10.7. The molecule has 0 aromatic heterocycles. The quantitative estimate of drug-likeness (QED) is 0.801. The molecule has 0 amide bonds. The van der Waals surface area contributed by atoms with Crippen molar-refractivity contribution in [1.29, 1.82) is 0 Å². The van der Waals surface area contributed by atoms with Crippen LogP contribution in [-0.2, 0) is 10.0 Å². The Bertz CT molecular complexity index is 821. The van der Waals surface area contributed by atoms with Crippen molar-refractivity contribution in [3.63, 3.8) is 0 Å². The van der Waals surface area contributed by atoms with Gasteiger partial charge >= 0.3 is 0 Å². The van der Waals surface area contributed by atoms with Crippen LogP contribution in [0.5, 0.6) is 0 Å². The van der Waals surface area contributed by atoms with E-state index in [1.165, 1.54) is 6.07 Å². The lowest BCUT2D eigenvalue weighted by Crippen LogP contribution is -2.10. The zero-order valence-electron chi connectivity index (χ0n) is 12.9. The van der Waals surface area contributed by atoms with Gasteiger partial charge in [0.05, 0.1) is 11.9 Å². The van der Waals surface area contributed by atoms with Gasteiger partial charge in [-0.25, -0.2) is 17.2 Å². The van der Waals surface area contributed by atoms with Crippen LogP contribution in [-0.4, -0.2) is 19.9 Å². The van der Waals surface area contributed by atoms with Gasteiger partial charge in [-0.15, -0.1) is 11.8 Å². The summed E-state index contributed by atoms with van der Waals surface area (Å²) in [6, 6.07) is 8.28. The van der Waals surface area contributed by atoms with Gasteiger partial charge in [-0.2, -0.15) is 0 Å². The Labute approximate surface area is 139 Å². The predicted molar refractivity (Wildman–Crippen MR) is 91.3 cm³/mol. The molecule has 7 heteroatoms. The van der Waals surface area contributed by atoms with E-state index in [0.717, 1.165) is 23.3 Å². The summed E-state index contributed by atoms with van der Waals surface area (Å²) in [4.78, 5) is 0.873. The lowest BCUT2D eigenvalue weighted by molar-refractivity contribution is 0.585. The molecule has 0 bridgehead atoms. The van der Waals surface area contributed by atoms with Crippen LogP contribution in [0.25, 0.3) is 11.1 Å². The number of hydrogen-bond acceptors (Lipinski definition) is 3. The molecule has 0 atom stereocenters. The average molecular weight is 357 g/mol. The van der Waals surface area contributed by atoms with Crippen LogP contribution >= 0.6 is 11.8 Å². The Morgan fingerprint density at radius 3 is 2.30 bits per heavy atom. The van der Waals surface area contributed by atoms with E-state index >= 15 is 0 Å². The van der Waals surface area contributed by atoms with Crippen LogP contribution < -0.4 is 4.72 Å². The third-order valence-electron chi connectivity index (χ3n) is 2.88. The number of thioether (sulfide) groups is 1. The Kier molecular flexibility index (Phi) is 5.31. The number of nitrogens with one attached hydrogen (secondary N) is 1. The van der Waals surface area contributed by atoms with Gasteiger partial charge in [0.2, 0.25) is 10.0 Å². The van der Waals surface area contributed by atoms with E-state index in [1.807, 2.05) is 13.8 Å². The second kappa shape index (κ2) is 6.88. The Hall–Kier alpha value is -1.60. The first-order valence-corrected chi connectivity index (χ1v) is 9.67. The van der Waals surface area contributed by atoms with Crippen LogP contribution in [0.2, 0.25) is 0 Å². The second-order valence-corrected chi connectivity index (χ2v) is 8.77. The number of sulfonamides is 1. The number of rotatable bonds is 5. The second-order valence-electron chi connectivity index (χ2n) is 5.37. The summed E-state index contributed by atoms with van der Waals surface area (Å²) in [5.41, 5.74) is 0.772. The largest absolute Gasteiger partial charge is 0.283 e. The molecule has 0 aliphatic heterocycles. The van der Waals surface area contributed by atoms with Crippen molar-refractivity contribution in [3.05, 3.63) is 48.0 Å². The van der Waals surface area contributed by atoms with Crippen molar-refractivity contribution in [2.24, 2.45) is 0 Å². The van der Waals surface area contributed by atoms with Crippen molar-refractivity contribution in [2.45, 2.75) is 24.0 Å². The first kappa shape index (κ1) is 17.7. The number of hydrogen-bond donors (Lipinski definition) is 1. The van der Waals surface area contributed by atoms with Crippen LogP contribution in [0.4, 0.5) is 14.5 Å². The molecule has 0 spiro atoms. The van der Waals surface area contributed by atoms with E-state index in [4.69, 9.17) is 0 Å². The molecule has 0 saturated carbocycles. The van der Waals surface area contributed by atoms with Crippen LogP contribution in [0, 0.1) is 11.6 Å². The van der Waals surface area contributed by atoms with Crippen LogP contribution in [0.3, 0.4) is 0 Å². The van der Waals surface area contributed by atoms with Crippen molar-refractivity contribution >= 4 is 27.5 Å². The van der Waals surface area contributed by atoms with Gasteiger partial charge in [0, 0.05) is 27.3 Å². The van der Waals surface area contributed by atoms with Gasteiger partial charge in [-0.1, -0.05) is 13.8 Å². The number of benzene rings is 2. The van der Waals surface area contributed by atoms with Crippen LogP contribution in [0.1, 0.15) is 13.8 Å². The molecule has 2 aromatic rings. The smallest absolute Gasteiger partial charge is 0.229 e. The highest BCUT2D eigenvalue weighted by Crippen LogP contribution is 2.35. The number of anilines is 1. The maximum absolute atomic E-state index is 14.1. The Balaban J connectivity index is 2.59. The molecule has 23 heavy (non-hydrogen) atoms. The molecule has 0 aliphatic rings. The highest BCUT2D eigenvalue weighted by molar-refractivity contribution is 7.99. The molecule has 0 aliphatic carbocycles. The molecule has 0 heterocycles. The van der Waals surface area contributed by atoms with Gasteiger partial charge in [0.15, 0.2) is 0 Å². The van der Waals surface area contributed by atoms with Gasteiger partial charge in [0.25, 0.3) is 0 Å². The van der Waals surface area contributed by atoms with Crippen molar-refractivity contribution in [2.75, 3.05) is 11.0 Å². The monoisotopic (exact) mass is 357 g/mol. The molecular weight excluding hydrogens is 340 g/mol. The normalized spacial score (nSPS) is 11.7. The molecule has 0 unspecified atom stereocenters. The SMILES string of the molecule is CC(C)Sc1ccc(NS(C)(=O)=O)c(-c2ccc(F)cc2F)c1. The molecule has 2 rings (SSSR count). The average Bonchev–Trinajstić information content (AvgIpc) is 2.39. The molecule has 124 valence electrons. The minimum Gasteiger partial charge on any atom is -0.283 e. The Morgan fingerprint density at radius 2 is 1.74 bits per heavy atom. The summed E-state index contributed by atoms with van der Waals surface area (Å²) in [7, 11) is -3.52. The summed E-state index contributed by atoms with van der Waals surface area (Å²) in [6.07, 6.45) is 1.02. The summed E-state index contributed by atoms with van der Waals surface area (Å²) in [5, 5.41) is 0.314. The molecule has 3 nitrogen and oxygen atoms in total. The summed E-state index contributed by atoms with van der Waals surface area (Å²) < 4.78 is 52.7. The third kappa shape index (κ3) is 4.94. The first-order valence-electron chi connectivity index (χ1n) is 6.89. The molecule has 0 radical (unpaired) electrons.